The van der Waals surface area contributed by atoms with E-state index in [1.807, 2.05) is 18.3 Å². The van der Waals surface area contributed by atoms with Gasteiger partial charge in [0.25, 0.3) is 0 Å². The van der Waals surface area contributed by atoms with Gasteiger partial charge in [0.1, 0.15) is 5.75 Å². The molecule has 82 valence electrons. The van der Waals surface area contributed by atoms with Gasteiger partial charge in [0, 0.05) is 11.1 Å². The van der Waals surface area contributed by atoms with Gasteiger partial charge >= 0.3 is 0 Å². The van der Waals surface area contributed by atoms with Gasteiger partial charge in [-0.25, -0.2) is 0 Å². The third-order valence-corrected chi connectivity index (χ3v) is 3.20. The molecule has 0 amide bonds. The molecule has 16 heavy (non-hydrogen) atoms. The summed E-state index contributed by atoms with van der Waals surface area (Å²) in [6.45, 7) is 2.22. The van der Waals surface area contributed by atoms with Crippen LogP contribution in [0, 0.1) is 0 Å². The van der Waals surface area contributed by atoms with Crippen molar-refractivity contribution in [2.24, 2.45) is 0 Å². The first-order chi connectivity index (χ1) is 7.79. The van der Waals surface area contributed by atoms with Crippen LogP contribution in [0.15, 0.2) is 28.9 Å². The van der Waals surface area contributed by atoms with Crippen LogP contribution in [0.4, 0.5) is 0 Å². The maximum absolute atomic E-state index is 5.31. The molecule has 1 aliphatic carbocycles. The molecule has 0 saturated heterocycles. The number of ether oxygens (including phenoxy) is 1. The lowest BCUT2D eigenvalue weighted by Crippen LogP contribution is -2.06. The minimum atomic E-state index is 0.483. The van der Waals surface area contributed by atoms with Gasteiger partial charge in [0.15, 0.2) is 5.76 Å². The largest absolute Gasteiger partial charge is 0.497 e. The van der Waals surface area contributed by atoms with E-state index < -0.39 is 0 Å². The molecule has 1 aromatic heterocycles. The van der Waals surface area contributed by atoms with Crippen LogP contribution in [-0.4, -0.2) is 12.3 Å². The number of methoxy groups -OCH3 is 1. The molecule has 1 aliphatic rings. The fourth-order valence-electron chi connectivity index (χ4n) is 2.35. The first-order valence-electron chi connectivity index (χ1n) is 5.41. The van der Waals surface area contributed by atoms with E-state index in [-0.39, 0.29) is 0 Å². The van der Waals surface area contributed by atoms with Crippen molar-refractivity contribution in [2.45, 2.75) is 19.3 Å². The van der Waals surface area contributed by atoms with Crippen molar-refractivity contribution in [3.05, 3.63) is 35.5 Å². The molecule has 0 radical (unpaired) electrons. The molecule has 3 nitrogen and oxygen atoms in total. The molecule has 3 heteroatoms. The predicted octanol–water partition coefficient (Wildman–Crippen LogP) is 3.01. The van der Waals surface area contributed by atoms with Gasteiger partial charge in [0.2, 0.25) is 0 Å². The molecule has 3 rings (SSSR count). The lowest BCUT2D eigenvalue weighted by atomic mass is 9.83. The molecule has 0 saturated carbocycles. The van der Waals surface area contributed by atoms with E-state index in [1.54, 1.807) is 7.11 Å². The van der Waals surface area contributed by atoms with E-state index in [9.17, 15) is 0 Å². The van der Waals surface area contributed by atoms with Crippen molar-refractivity contribution in [3.63, 3.8) is 0 Å². The molecular formula is C13H13NO2. The number of fused-ring (bicyclic) bond motifs is 3. The Kier molecular flexibility index (Phi) is 1.99. The fraction of sp³-hybridized carbons (Fsp3) is 0.308. The van der Waals surface area contributed by atoms with Crippen LogP contribution < -0.4 is 4.74 Å². The van der Waals surface area contributed by atoms with Gasteiger partial charge in [-0.2, -0.15) is 0 Å². The highest BCUT2D eigenvalue weighted by Crippen LogP contribution is 2.40. The zero-order valence-electron chi connectivity index (χ0n) is 9.36. The average Bonchev–Trinajstić information content (AvgIpc) is 2.77. The monoisotopic (exact) mass is 215 g/mol. The molecule has 0 N–H and O–H groups in total. The molecule has 1 heterocycles. The predicted molar refractivity (Wildman–Crippen MR) is 60.6 cm³/mol. The summed E-state index contributed by atoms with van der Waals surface area (Å²) < 4.78 is 10.6. The van der Waals surface area contributed by atoms with Crippen LogP contribution in [-0.2, 0) is 6.42 Å². The van der Waals surface area contributed by atoms with Crippen molar-refractivity contribution in [1.29, 1.82) is 0 Å². The van der Waals surface area contributed by atoms with Crippen molar-refractivity contribution < 1.29 is 9.26 Å². The molecule has 0 bridgehead atoms. The molecule has 1 atom stereocenters. The third kappa shape index (κ3) is 1.24. The van der Waals surface area contributed by atoms with E-state index in [1.165, 1.54) is 11.1 Å². The number of hydrogen-bond acceptors (Lipinski definition) is 3. The van der Waals surface area contributed by atoms with Crippen LogP contribution in [0.5, 0.6) is 5.75 Å². The van der Waals surface area contributed by atoms with Crippen molar-refractivity contribution >= 4 is 0 Å². The maximum Gasteiger partial charge on any atom is 0.170 e. The van der Waals surface area contributed by atoms with Gasteiger partial charge in [-0.3, -0.25) is 0 Å². The third-order valence-electron chi connectivity index (χ3n) is 3.20. The first kappa shape index (κ1) is 9.46. The first-order valence-corrected chi connectivity index (χ1v) is 5.41. The highest BCUT2D eigenvalue weighted by Gasteiger charge is 2.25. The Morgan fingerprint density at radius 2 is 2.31 bits per heavy atom. The van der Waals surface area contributed by atoms with Crippen molar-refractivity contribution in [2.75, 3.05) is 7.11 Å². The number of rotatable bonds is 1. The lowest BCUT2D eigenvalue weighted by Gasteiger charge is -2.21. The minimum absolute atomic E-state index is 0.483. The van der Waals surface area contributed by atoms with Crippen molar-refractivity contribution in [3.8, 4) is 17.1 Å². The Morgan fingerprint density at radius 1 is 1.44 bits per heavy atom. The number of hydrogen-bond donors (Lipinski definition) is 0. The Morgan fingerprint density at radius 3 is 3.12 bits per heavy atom. The minimum Gasteiger partial charge on any atom is -0.497 e. The topological polar surface area (TPSA) is 35.3 Å². The highest BCUT2D eigenvalue weighted by atomic mass is 16.5. The number of benzene rings is 1. The molecule has 2 aromatic rings. The molecule has 1 unspecified atom stereocenters. The summed E-state index contributed by atoms with van der Waals surface area (Å²) in [4.78, 5) is 0. The number of aromatic nitrogens is 1. The van der Waals surface area contributed by atoms with Crippen LogP contribution in [0.2, 0.25) is 0 Å². The maximum atomic E-state index is 5.31. The van der Waals surface area contributed by atoms with Crippen molar-refractivity contribution in [1.82, 2.24) is 5.16 Å². The molecule has 0 spiro atoms. The summed E-state index contributed by atoms with van der Waals surface area (Å²) in [5.74, 6) is 2.29. The summed E-state index contributed by atoms with van der Waals surface area (Å²) >= 11 is 0. The second kappa shape index (κ2) is 3.37. The lowest BCUT2D eigenvalue weighted by molar-refractivity contribution is 0.412. The Hall–Kier alpha value is -1.77. The second-order valence-electron chi connectivity index (χ2n) is 4.24. The normalized spacial score (nSPS) is 17.8. The SMILES string of the molecule is COc1ccc2c(c1)C(C)Cc1cnoc1-2. The average molecular weight is 215 g/mol. The number of nitrogens with zero attached hydrogens (tertiary/aromatic N) is 1. The van der Waals surface area contributed by atoms with Gasteiger partial charge in [-0.15, -0.1) is 0 Å². The zero-order valence-corrected chi connectivity index (χ0v) is 9.36. The Bertz CT molecular complexity index is 530. The smallest absolute Gasteiger partial charge is 0.170 e. The van der Waals surface area contributed by atoms with E-state index in [2.05, 4.69) is 18.1 Å². The highest BCUT2D eigenvalue weighted by molar-refractivity contribution is 5.69. The second-order valence-corrected chi connectivity index (χ2v) is 4.24. The Balaban J connectivity index is 2.21. The standard InChI is InChI=1S/C13H13NO2/c1-8-5-9-7-14-16-13(9)11-4-3-10(15-2)6-12(8)11/h3-4,6-8H,5H2,1-2H3. The summed E-state index contributed by atoms with van der Waals surface area (Å²) in [6.07, 6.45) is 2.80. The van der Waals surface area contributed by atoms with Gasteiger partial charge in [-0.05, 0) is 36.1 Å². The van der Waals surface area contributed by atoms with E-state index in [0.717, 1.165) is 23.5 Å². The fourth-order valence-corrected chi connectivity index (χ4v) is 2.35. The van der Waals surface area contributed by atoms with Crippen LogP contribution in [0.1, 0.15) is 24.0 Å². The summed E-state index contributed by atoms with van der Waals surface area (Å²) in [5, 5.41) is 3.87. The quantitative estimate of drug-likeness (QED) is 0.733. The molecule has 0 aliphatic heterocycles. The van der Waals surface area contributed by atoms with Gasteiger partial charge in [0.05, 0.1) is 13.3 Å². The molecule has 1 aromatic carbocycles. The summed E-state index contributed by atoms with van der Waals surface area (Å²) in [5.41, 5.74) is 3.63. The van der Waals surface area contributed by atoms with Crippen LogP contribution >= 0.6 is 0 Å². The zero-order chi connectivity index (χ0) is 11.1. The Labute approximate surface area is 94.0 Å². The van der Waals surface area contributed by atoms with Crippen LogP contribution in [0.3, 0.4) is 0 Å². The van der Waals surface area contributed by atoms with E-state index in [4.69, 9.17) is 9.26 Å². The van der Waals surface area contributed by atoms with E-state index in [0.29, 0.717) is 5.92 Å². The summed E-state index contributed by atoms with van der Waals surface area (Å²) in [7, 11) is 1.69. The summed E-state index contributed by atoms with van der Waals surface area (Å²) in [6, 6.07) is 6.10. The van der Waals surface area contributed by atoms with Crippen LogP contribution in [0.25, 0.3) is 11.3 Å². The molecular weight excluding hydrogens is 202 g/mol. The molecule has 0 fully saturated rings. The van der Waals surface area contributed by atoms with Gasteiger partial charge in [-0.1, -0.05) is 12.1 Å². The van der Waals surface area contributed by atoms with E-state index >= 15 is 0 Å². The van der Waals surface area contributed by atoms with Gasteiger partial charge < -0.3 is 9.26 Å².